The molecule has 0 radical (unpaired) electrons. The van der Waals surface area contributed by atoms with E-state index in [2.05, 4.69) is 0 Å². The molecule has 0 saturated carbocycles. The van der Waals surface area contributed by atoms with Crippen molar-refractivity contribution in [3.63, 3.8) is 0 Å². The fourth-order valence-electron chi connectivity index (χ4n) is 2.50. The summed E-state index contributed by atoms with van der Waals surface area (Å²) in [4.78, 5) is 22.0. The van der Waals surface area contributed by atoms with Crippen molar-refractivity contribution < 1.29 is 19.6 Å². The van der Waals surface area contributed by atoms with E-state index >= 15 is 0 Å². The van der Waals surface area contributed by atoms with Gasteiger partial charge in [-0.05, 0) is 36.1 Å². The average molecular weight is 315 g/mol. The predicted octanol–water partition coefficient (Wildman–Crippen LogP) is 3.32. The Morgan fingerprint density at radius 3 is 2.61 bits per heavy atom. The molecular weight excluding hydrogens is 298 g/mol. The zero-order chi connectivity index (χ0) is 17.0. The molecule has 0 bridgehead atoms. The first-order valence-corrected chi connectivity index (χ1v) is 7.03. The Labute approximate surface area is 133 Å². The molecule has 0 fully saturated rings. The van der Waals surface area contributed by atoms with Crippen LogP contribution in [0, 0.1) is 17.0 Å². The van der Waals surface area contributed by atoms with Crippen molar-refractivity contribution in [1.82, 2.24) is 0 Å². The molecular formula is C17H17NO5. The fourth-order valence-corrected chi connectivity index (χ4v) is 2.50. The number of carbonyl (C=O) groups is 1. The molecule has 2 aromatic rings. The number of nitrogens with zero attached hydrogens (tertiary/aromatic N) is 1. The molecule has 6 heteroatoms. The molecule has 23 heavy (non-hydrogen) atoms. The number of benzene rings is 2. The van der Waals surface area contributed by atoms with Crippen LogP contribution in [0.2, 0.25) is 0 Å². The number of ether oxygens (including phenoxy) is 1. The largest absolute Gasteiger partial charge is 0.496 e. The first-order valence-electron chi connectivity index (χ1n) is 7.03. The first-order chi connectivity index (χ1) is 10.9. The number of nitro benzene ring substituents is 1. The summed E-state index contributed by atoms with van der Waals surface area (Å²) in [6.45, 7) is 1.84. The standard InChI is InChI=1S/C17H17NO5/c1-11-8-13(6-7-16(11)23-2)15(17(19)20)10-12-4-3-5-14(9-12)18(21)22/h3-9,15H,10H2,1-2H3,(H,19,20). The molecule has 0 saturated heterocycles. The molecule has 0 heterocycles. The molecule has 2 aromatic carbocycles. The van der Waals surface area contributed by atoms with Crippen LogP contribution < -0.4 is 4.74 Å². The molecule has 1 unspecified atom stereocenters. The van der Waals surface area contributed by atoms with E-state index in [-0.39, 0.29) is 12.1 Å². The highest BCUT2D eigenvalue weighted by Gasteiger charge is 2.22. The summed E-state index contributed by atoms with van der Waals surface area (Å²) >= 11 is 0. The van der Waals surface area contributed by atoms with Crippen LogP contribution in [0.1, 0.15) is 22.6 Å². The molecule has 1 N–H and O–H groups in total. The van der Waals surface area contributed by atoms with E-state index in [0.29, 0.717) is 16.9 Å². The summed E-state index contributed by atoms with van der Waals surface area (Å²) in [5.41, 5.74) is 2.05. The number of nitro groups is 1. The molecule has 0 aliphatic carbocycles. The summed E-state index contributed by atoms with van der Waals surface area (Å²) in [5.74, 6) is -1.06. The van der Waals surface area contributed by atoms with Gasteiger partial charge in [-0.15, -0.1) is 0 Å². The quantitative estimate of drug-likeness (QED) is 0.652. The lowest BCUT2D eigenvalue weighted by Gasteiger charge is -2.15. The average Bonchev–Trinajstić information content (AvgIpc) is 2.52. The van der Waals surface area contributed by atoms with Crippen LogP contribution in [0.4, 0.5) is 5.69 Å². The lowest BCUT2D eigenvalue weighted by atomic mass is 9.91. The van der Waals surface area contributed by atoms with Crippen molar-refractivity contribution in [3.8, 4) is 5.75 Å². The van der Waals surface area contributed by atoms with Crippen molar-refractivity contribution in [2.75, 3.05) is 7.11 Å². The van der Waals surface area contributed by atoms with Gasteiger partial charge in [0.25, 0.3) is 5.69 Å². The maximum absolute atomic E-state index is 11.6. The van der Waals surface area contributed by atoms with Gasteiger partial charge in [0.2, 0.25) is 0 Å². The van der Waals surface area contributed by atoms with E-state index in [0.717, 1.165) is 5.56 Å². The predicted molar refractivity (Wildman–Crippen MR) is 84.9 cm³/mol. The van der Waals surface area contributed by atoms with Gasteiger partial charge in [-0.25, -0.2) is 0 Å². The van der Waals surface area contributed by atoms with E-state index in [4.69, 9.17) is 4.74 Å². The van der Waals surface area contributed by atoms with Gasteiger partial charge in [0.1, 0.15) is 5.75 Å². The second kappa shape index (κ2) is 6.91. The second-order valence-electron chi connectivity index (χ2n) is 5.25. The number of aliphatic carboxylic acids is 1. The van der Waals surface area contributed by atoms with Gasteiger partial charge in [0.05, 0.1) is 18.0 Å². The smallest absolute Gasteiger partial charge is 0.311 e. The van der Waals surface area contributed by atoms with Gasteiger partial charge >= 0.3 is 5.97 Å². The summed E-state index contributed by atoms with van der Waals surface area (Å²) < 4.78 is 5.18. The minimum atomic E-state index is -0.971. The highest BCUT2D eigenvalue weighted by atomic mass is 16.6. The zero-order valence-corrected chi connectivity index (χ0v) is 12.9. The highest BCUT2D eigenvalue weighted by Crippen LogP contribution is 2.27. The normalized spacial score (nSPS) is 11.7. The van der Waals surface area contributed by atoms with Crippen molar-refractivity contribution in [2.24, 2.45) is 0 Å². The third kappa shape index (κ3) is 3.85. The van der Waals surface area contributed by atoms with E-state index in [1.54, 1.807) is 37.4 Å². The first kappa shape index (κ1) is 16.5. The van der Waals surface area contributed by atoms with E-state index in [1.165, 1.54) is 12.1 Å². The number of hydrogen-bond acceptors (Lipinski definition) is 4. The van der Waals surface area contributed by atoms with Gasteiger partial charge in [0.15, 0.2) is 0 Å². The number of carboxylic acid groups (broad SMARTS) is 1. The van der Waals surface area contributed by atoms with Crippen LogP contribution in [0.5, 0.6) is 5.75 Å². The van der Waals surface area contributed by atoms with Gasteiger partial charge in [-0.1, -0.05) is 24.3 Å². The molecule has 6 nitrogen and oxygen atoms in total. The molecule has 0 aliphatic rings. The van der Waals surface area contributed by atoms with Crippen molar-refractivity contribution in [3.05, 3.63) is 69.3 Å². The third-order valence-corrected chi connectivity index (χ3v) is 3.68. The summed E-state index contributed by atoms with van der Waals surface area (Å²) in [7, 11) is 1.56. The Bertz CT molecular complexity index is 742. The minimum absolute atomic E-state index is 0.0439. The maximum Gasteiger partial charge on any atom is 0.311 e. The number of aryl methyl sites for hydroxylation is 1. The van der Waals surface area contributed by atoms with Crippen LogP contribution >= 0.6 is 0 Å². The number of rotatable bonds is 6. The van der Waals surface area contributed by atoms with E-state index in [1.807, 2.05) is 6.92 Å². The van der Waals surface area contributed by atoms with Gasteiger partial charge in [-0.2, -0.15) is 0 Å². The summed E-state index contributed by atoms with van der Waals surface area (Å²) in [6.07, 6.45) is 0.183. The number of carboxylic acids is 1. The second-order valence-corrected chi connectivity index (χ2v) is 5.25. The van der Waals surface area contributed by atoms with Gasteiger partial charge in [0, 0.05) is 12.1 Å². The van der Waals surface area contributed by atoms with E-state index < -0.39 is 16.8 Å². The van der Waals surface area contributed by atoms with Crippen LogP contribution in [-0.2, 0) is 11.2 Å². The Kier molecular flexibility index (Phi) is 4.95. The maximum atomic E-state index is 11.6. The van der Waals surface area contributed by atoms with Gasteiger partial charge in [-0.3, -0.25) is 14.9 Å². The number of methoxy groups -OCH3 is 1. The van der Waals surface area contributed by atoms with Crippen LogP contribution in [-0.4, -0.2) is 23.1 Å². The Hall–Kier alpha value is -2.89. The molecule has 120 valence electrons. The fraction of sp³-hybridized carbons (Fsp3) is 0.235. The Morgan fingerprint density at radius 1 is 1.30 bits per heavy atom. The van der Waals surface area contributed by atoms with E-state index in [9.17, 15) is 20.0 Å². The van der Waals surface area contributed by atoms with Gasteiger partial charge < -0.3 is 9.84 Å². The van der Waals surface area contributed by atoms with Crippen molar-refractivity contribution >= 4 is 11.7 Å². The SMILES string of the molecule is COc1ccc(C(Cc2cccc([N+](=O)[O-])c2)C(=O)O)cc1C. The monoisotopic (exact) mass is 315 g/mol. The van der Waals surface area contributed by atoms with Crippen molar-refractivity contribution in [2.45, 2.75) is 19.3 Å². The van der Waals surface area contributed by atoms with Crippen molar-refractivity contribution in [1.29, 1.82) is 0 Å². The lowest BCUT2D eigenvalue weighted by Crippen LogP contribution is -2.15. The molecule has 0 aliphatic heterocycles. The molecule has 0 aromatic heterocycles. The number of non-ortho nitro benzene ring substituents is 1. The Morgan fingerprint density at radius 2 is 2.04 bits per heavy atom. The highest BCUT2D eigenvalue weighted by molar-refractivity contribution is 5.76. The van der Waals surface area contributed by atoms with Crippen LogP contribution in [0.25, 0.3) is 0 Å². The number of hydrogen-bond donors (Lipinski definition) is 1. The lowest BCUT2D eigenvalue weighted by molar-refractivity contribution is -0.384. The molecule has 2 rings (SSSR count). The Balaban J connectivity index is 2.32. The zero-order valence-electron chi connectivity index (χ0n) is 12.9. The minimum Gasteiger partial charge on any atom is -0.496 e. The molecule has 0 spiro atoms. The molecule has 1 atom stereocenters. The third-order valence-electron chi connectivity index (χ3n) is 3.68. The molecule has 0 amide bonds. The van der Waals surface area contributed by atoms with Crippen LogP contribution in [0.3, 0.4) is 0 Å². The van der Waals surface area contributed by atoms with Crippen LogP contribution in [0.15, 0.2) is 42.5 Å². The summed E-state index contributed by atoms with van der Waals surface area (Å²) in [5, 5.41) is 20.4. The topological polar surface area (TPSA) is 89.7 Å². The summed E-state index contributed by atoms with van der Waals surface area (Å²) in [6, 6.07) is 11.3.